The second kappa shape index (κ2) is 24.1. The van der Waals surface area contributed by atoms with Gasteiger partial charge in [0, 0.05) is 12.8 Å². The molecule has 0 aliphatic carbocycles. The van der Waals surface area contributed by atoms with Crippen molar-refractivity contribution < 1.29 is 19.1 Å². The molecule has 0 N–H and O–H groups in total. The first-order valence-electron chi connectivity index (χ1n) is 14.4. The average molecular weight is 469 g/mol. The molecule has 0 saturated carbocycles. The van der Waals surface area contributed by atoms with Gasteiger partial charge in [-0.25, -0.2) is 0 Å². The van der Waals surface area contributed by atoms with E-state index >= 15 is 0 Å². The van der Waals surface area contributed by atoms with Crippen molar-refractivity contribution in [3.8, 4) is 0 Å². The van der Waals surface area contributed by atoms with Crippen molar-refractivity contribution in [2.75, 3.05) is 6.61 Å². The predicted molar refractivity (Wildman–Crippen MR) is 139 cm³/mol. The fourth-order valence-electron chi connectivity index (χ4n) is 4.21. The van der Waals surface area contributed by atoms with E-state index in [-0.39, 0.29) is 18.0 Å². The molecule has 0 saturated heterocycles. The van der Waals surface area contributed by atoms with Gasteiger partial charge in [0.15, 0.2) is 0 Å². The zero-order chi connectivity index (χ0) is 24.6. The van der Waals surface area contributed by atoms with E-state index < -0.39 is 0 Å². The zero-order valence-corrected chi connectivity index (χ0v) is 22.6. The second-order valence-corrected chi connectivity index (χ2v) is 9.78. The first-order valence-corrected chi connectivity index (χ1v) is 14.4. The topological polar surface area (TPSA) is 52.6 Å². The summed E-state index contributed by atoms with van der Waals surface area (Å²) in [4.78, 5) is 23.6. The van der Waals surface area contributed by atoms with Crippen LogP contribution in [0, 0.1) is 5.92 Å². The van der Waals surface area contributed by atoms with Crippen LogP contribution in [0.1, 0.15) is 156 Å². The second-order valence-electron chi connectivity index (χ2n) is 9.78. The monoisotopic (exact) mass is 468 g/mol. The molecule has 196 valence electrons. The summed E-state index contributed by atoms with van der Waals surface area (Å²) < 4.78 is 11.1. The molecule has 0 aliphatic rings. The molecule has 0 radical (unpaired) electrons. The normalized spacial score (nSPS) is 13.0. The van der Waals surface area contributed by atoms with Crippen molar-refractivity contribution in [3.63, 3.8) is 0 Å². The SMILES string of the molecule is CCCCCC[C@H](CCCCCCCCCCC(=O)OC[C@H](CC)CCCC)OC(=O)CC. The highest BCUT2D eigenvalue weighted by molar-refractivity contribution is 5.69. The highest BCUT2D eigenvalue weighted by Gasteiger charge is 2.13. The largest absolute Gasteiger partial charge is 0.465 e. The standard InChI is InChI=1S/C29H56O4/c1-5-9-11-18-22-27(33-28(30)8-4)23-19-16-14-12-13-15-17-20-24-29(31)32-25-26(7-3)21-10-6-2/h26-27H,5-25H2,1-4H3/t26-,27-/m1/s1. The lowest BCUT2D eigenvalue weighted by Gasteiger charge is -2.17. The Morgan fingerprint density at radius 2 is 1.15 bits per heavy atom. The van der Waals surface area contributed by atoms with Crippen LogP contribution >= 0.6 is 0 Å². The van der Waals surface area contributed by atoms with Crippen molar-refractivity contribution in [2.24, 2.45) is 5.92 Å². The number of carbonyl (C=O) groups is 2. The molecule has 0 spiro atoms. The molecule has 0 unspecified atom stereocenters. The van der Waals surface area contributed by atoms with Crippen molar-refractivity contribution in [3.05, 3.63) is 0 Å². The zero-order valence-electron chi connectivity index (χ0n) is 22.6. The number of rotatable bonds is 24. The van der Waals surface area contributed by atoms with E-state index in [4.69, 9.17) is 9.47 Å². The molecular formula is C29H56O4. The van der Waals surface area contributed by atoms with Crippen LogP contribution in [0.4, 0.5) is 0 Å². The summed E-state index contributed by atoms with van der Waals surface area (Å²) in [5.74, 6) is 0.461. The third-order valence-electron chi connectivity index (χ3n) is 6.65. The molecule has 0 amide bonds. The Morgan fingerprint density at radius 1 is 0.606 bits per heavy atom. The minimum atomic E-state index is -0.0546. The molecule has 33 heavy (non-hydrogen) atoms. The van der Waals surface area contributed by atoms with E-state index in [0.29, 0.717) is 25.4 Å². The molecule has 4 nitrogen and oxygen atoms in total. The summed E-state index contributed by atoms with van der Waals surface area (Å²) in [6.07, 6.45) is 22.2. The van der Waals surface area contributed by atoms with Crippen LogP contribution < -0.4 is 0 Å². The van der Waals surface area contributed by atoms with E-state index in [1.807, 2.05) is 6.92 Å². The van der Waals surface area contributed by atoms with E-state index in [1.54, 1.807) is 0 Å². The third-order valence-corrected chi connectivity index (χ3v) is 6.65. The number of unbranched alkanes of at least 4 members (excludes halogenated alkanes) is 11. The van der Waals surface area contributed by atoms with Crippen LogP contribution in [-0.2, 0) is 19.1 Å². The highest BCUT2D eigenvalue weighted by Crippen LogP contribution is 2.18. The Morgan fingerprint density at radius 3 is 1.70 bits per heavy atom. The summed E-state index contributed by atoms with van der Waals surface area (Å²) >= 11 is 0. The van der Waals surface area contributed by atoms with Crippen molar-refractivity contribution >= 4 is 11.9 Å². The highest BCUT2D eigenvalue weighted by atomic mass is 16.5. The first kappa shape index (κ1) is 31.9. The van der Waals surface area contributed by atoms with E-state index in [1.165, 1.54) is 77.0 Å². The number of esters is 2. The minimum Gasteiger partial charge on any atom is -0.465 e. The summed E-state index contributed by atoms with van der Waals surface area (Å²) in [6.45, 7) is 9.09. The van der Waals surface area contributed by atoms with Gasteiger partial charge < -0.3 is 9.47 Å². The summed E-state index contributed by atoms with van der Waals surface area (Å²) in [5.41, 5.74) is 0. The van der Waals surface area contributed by atoms with Gasteiger partial charge in [-0.3, -0.25) is 9.59 Å². The van der Waals surface area contributed by atoms with E-state index in [0.717, 1.165) is 38.5 Å². The number of ether oxygens (including phenoxy) is 2. The Balaban J connectivity index is 3.68. The van der Waals surface area contributed by atoms with E-state index in [2.05, 4.69) is 20.8 Å². The quantitative estimate of drug-likeness (QED) is 0.105. The molecule has 4 heteroatoms. The van der Waals surface area contributed by atoms with Gasteiger partial charge in [0.2, 0.25) is 0 Å². The molecule has 0 bridgehead atoms. The molecule has 0 aromatic carbocycles. The Kier molecular flexibility index (Phi) is 23.3. The van der Waals surface area contributed by atoms with Crippen LogP contribution in [0.3, 0.4) is 0 Å². The van der Waals surface area contributed by atoms with Crippen molar-refractivity contribution in [1.82, 2.24) is 0 Å². The van der Waals surface area contributed by atoms with Crippen LogP contribution in [-0.4, -0.2) is 24.6 Å². The molecule has 0 aliphatic heterocycles. The number of hydrogen-bond donors (Lipinski definition) is 0. The van der Waals surface area contributed by atoms with E-state index in [9.17, 15) is 9.59 Å². The molecule has 0 aromatic rings. The Bertz CT molecular complexity index is 449. The summed E-state index contributed by atoms with van der Waals surface area (Å²) in [6, 6.07) is 0. The van der Waals surface area contributed by atoms with Gasteiger partial charge in [0.25, 0.3) is 0 Å². The number of carbonyl (C=O) groups excluding carboxylic acids is 2. The maximum absolute atomic E-state index is 11.9. The smallest absolute Gasteiger partial charge is 0.305 e. The lowest BCUT2D eigenvalue weighted by molar-refractivity contribution is -0.149. The van der Waals surface area contributed by atoms with Gasteiger partial charge >= 0.3 is 11.9 Å². The summed E-state index contributed by atoms with van der Waals surface area (Å²) in [5, 5.41) is 0. The molecule has 0 heterocycles. The van der Waals surface area contributed by atoms with Crippen molar-refractivity contribution in [2.45, 2.75) is 162 Å². The van der Waals surface area contributed by atoms with Gasteiger partial charge in [-0.05, 0) is 44.4 Å². The van der Waals surface area contributed by atoms with Crippen LogP contribution in [0.2, 0.25) is 0 Å². The van der Waals surface area contributed by atoms with Gasteiger partial charge in [0.1, 0.15) is 6.10 Å². The van der Waals surface area contributed by atoms with Gasteiger partial charge in [0.05, 0.1) is 6.61 Å². The lowest BCUT2D eigenvalue weighted by Crippen LogP contribution is -2.17. The molecular weight excluding hydrogens is 412 g/mol. The van der Waals surface area contributed by atoms with Crippen LogP contribution in [0.5, 0.6) is 0 Å². The number of hydrogen-bond acceptors (Lipinski definition) is 4. The average Bonchev–Trinajstić information content (AvgIpc) is 2.82. The predicted octanol–water partition coefficient (Wildman–Crippen LogP) is 8.94. The minimum absolute atomic E-state index is 0.0158. The maximum Gasteiger partial charge on any atom is 0.305 e. The van der Waals surface area contributed by atoms with Crippen LogP contribution in [0.15, 0.2) is 0 Å². The van der Waals surface area contributed by atoms with Gasteiger partial charge in [-0.2, -0.15) is 0 Å². The fraction of sp³-hybridized carbons (Fsp3) is 0.931. The fourth-order valence-corrected chi connectivity index (χ4v) is 4.21. The van der Waals surface area contributed by atoms with Gasteiger partial charge in [-0.1, -0.05) is 105 Å². The summed E-state index contributed by atoms with van der Waals surface area (Å²) in [7, 11) is 0. The maximum atomic E-state index is 11.9. The third kappa shape index (κ3) is 21.2. The van der Waals surface area contributed by atoms with Crippen LogP contribution in [0.25, 0.3) is 0 Å². The Labute approximate surface area is 206 Å². The Hall–Kier alpha value is -1.06. The molecule has 0 fully saturated rings. The van der Waals surface area contributed by atoms with Crippen molar-refractivity contribution in [1.29, 1.82) is 0 Å². The molecule has 0 aromatic heterocycles. The lowest BCUT2D eigenvalue weighted by atomic mass is 10.0. The molecule has 2 atom stereocenters. The van der Waals surface area contributed by atoms with Gasteiger partial charge in [-0.15, -0.1) is 0 Å². The molecule has 0 rings (SSSR count). The first-order chi connectivity index (χ1) is 16.1.